The van der Waals surface area contributed by atoms with Gasteiger partial charge in [-0.25, -0.2) is 0 Å². The van der Waals surface area contributed by atoms with Crippen molar-refractivity contribution in [3.8, 4) is 0 Å². The number of allylic oxidation sites excluding steroid dienone is 1. The highest BCUT2D eigenvalue weighted by Gasteiger charge is 2.57. The summed E-state index contributed by atoms with van der Waals surface area (Å²) in [4.78, 5) is 14.5. The maximum absolute atomic E-state index is 14.5. The molecule has 1 unspecified atom stereocenters. The molecule has 0 fully saturated rings. The minimum atomic E-state index is -0.838. The van der Waals surface area contributed by atoms with Crippen molar-refractivity contribution >= 4 is 27.7 Å². The average Bonchev–Trinajstić information content (AvgIpc) is 3.34. The number of Topliss-reactive ketones (excluding diaryl/α,β-unsaturated/α-hetero) is 1. The summed E-state index contributed by atoms with van der Waals surface area (Å²) in [5, 5.41) is 2.29. The van der Waals surface area contributed by atoms with Gasteiger partial charge in [0.2, 0.25) is 0 Å². The van der Waals surface area contributed by atoms with Crippen LogP contribution in [0.5, 0.6) is 0 Å². The zero-order valence-electron chi connectivity index (χ0n) is 18.0. The maximum Gasteiger partial charge on any atom is 0.182 e. The van der Waals surface area contributed by atoms with E-state index in [-0.39, 0.29) is 5.78 Å². The molecule has 0 saturated heterocycles. The summed E-state index contributed by atoms with van der Waals surface area (Å²) in [7, 11) is 0. The highest BCUT2D eigenvalue weighted by molar-refractivity contribution is 6.33. The van der Waals surface area contributed by atoms with Crippen LogP contribution in [-0.2, 0) is 5.41 Å². The number of fused-ring (bicyclic) bond motifs is 7. The fraction of sp³-hybridized carbons (Fsp3) is 0.0312. The van der Waals surface area contributed by atoms with Crippen molar-refractivity contribution in [1.29, 1.82) is 0 Å². The van der Waals surface area contributed by atoms with Crippen molar-refractivity contribution < 1.29 is 4.79 Å². The van der Waals surface area contributed by atoms with Gasteiger partial charge in [0.1, 0.15) is 5.41 Å². The summed E-state index contributed by atoms with van der Waals surface area (Å²) in [6, 6.07) is 41.8. The molecule has 0 heterocycles. The van der Waals surface area contributed by atoms with Gasteiger partial charge in [-0.05, 0) is 49.7 Å². The van der Waals surface area contributed by atoms with Gasteiger partial charge in [-0.3, -0.25) is 4.79 Å². The first kappa shape index (κ1) is 18.4. The van der Waals surface area contributed by atoms with Gasteiger partial charge >= 0.3 is 0 Å². The van der Waals surface area contributed by atoms with Crippen LogP contribution < -0.4 is 0 Å². The molecule has 0 aliphatic heterocycles. The van der Waals surface area contributed by atoms with Crippen molar-refractivity contribution in [2.45, 2.75) is 5.41 Å². The Morgan fingerprint density at radius 2 is 1.21 bits per heavy atom. The molecule has 0 radical (unpaired) electrons. The van der Waals surface area contributed by atoms with Crippen molar-refractivity contribution in [3.63, 3.8) is 0 Å². The Hall–Kier alpha value is -4.23. The highest BCUT2D eigenvalue weighted by atomic mass is 16.1. The smallest absolute Gasteiger partial charge is 0.182 e. The van der Waals surface area contributed by atoms with Crippen LogP contribution in [-0.4, -0.2) is 5.78 Å². The number of carbonyl (C=O) groups excluding carboxylic acids is 1. The number of carbonyl (C=O) groups is 1. The Morgan fingerprint density at radius 3 is 2.03 bits per heavy atom. The van der Waals surface area contributed by atoms with Crippen molar-refractivity contribution in [3.05, 3.63) is 155 Å². The minimum Gasteiger partial charge on any atom is -0.292 e. The van der Waals surface area contributed by atoms with Crippen LogP contribution in [0, 0.1) is 0 Å². The molecule has 2 aliphatic carbocycles. The van der Waals surface area contributed by atoms with E-state index in [1.54, 1.807) is 0 Å². The van der Waals surface area contributed by atoms with E-state index >= 15 is 0 Å². The van der Waals surface area contributed by atoms with E-state index in [0.717, 1.165) is 49.7 Å². The maximum atomic E-state index is 14.5. The largest absolute Gasteiger partial charge is 0.292 e. The van der Waals surface area contributed by atoms with Gasteiger partial charge in [-0.1, -0.05) is 121 Å². The van der Waals surface area contributed by atoms with E-state index in [1.165, 1.54) is 5.57 Å². The number of rotatable bonds is 2. The van der Waals surface area contributed by atoms with Gasteiger partial charge in [0, 0.05) is 5.56 Å². The average molecular weight is 421 g/mol. The van der Waals surface area contributed by atoms with Crippen LogP contribution in [0.15, 0.2) is 121 Å². The summed E-state index contributed by atoms with van der Waals surface area (Å²) >= 11 is 0. The molecule has 1 atom stereocenters. The lowest BCUT2D eigenvalue weighted by Gasteiger charge is -2.28. The SMILES string of the molecule is O=C1c2ccc3ccccc3c2C2=C(c3ccccc3)c3ccccc3C12c1ccccc1. The second-order valence-electron chi connectivity index (χ2n) is 8.82. The molecule has 5 aromatic rings. The summed E-state index contributed by atoms with van der Waals surface area (Å²) in [6.45, 7) is 0. The van der Waals surface area contributed by atoms with Crippen LogP contribution in [0.3, 0.4) is 0 Å². The molecule has 7 rings (SSSR count). The summed E-state index contributed by atoms with van der Waals surface area (Å²) in [6.07, 6.45) is 0. The van der Waals surface area contributed by atoms with Gasteiger partial charge in [0.05, 0.1) is 0 Å². The van der Waals surface area contributed by atoms with E-state index in [0.29, 0.717) is 0 Å². The molecule has 154 valence electrons. The lowest BCUT2D eigenvalue weighted by Crippen LogP contribution is -2.32. The van der Waals surface area contributed by atoms with E-state index < -0.39 is 5.41 Å². The molecule has 0 bridgehead atoms. The molecule has 0 N–H and O–H groups in total. The molecule has 2 aliphatic rings. The third-order valence-electron chi connectivity index (χ3n) is 7.26. The van der Waals surface area contributed by atoms with Crippen molar-refractivity contribution in [2.24, 2.45) is 0 Å². The summed E-state index contributed by atoms with van der Waals surface area (Å²) in [5.41, 5.74) is 7.75. The van der Waals surface area contributed by atoms with Gasteiger partial charge < -0.3 is 0 Å². The van der Waals surface area contributed by atoms with Crippen LogP contribution >= 0.6 is 0 Å². The molecule has 1 heteroatoms. The second-order valence-corrected chi connectivity index (χ2v) is 8.82. The van der Waals surface area contributed by atoms with E-state index in [1.807, 2.05) is 30.3 Å². The zero-order chi connectivity index (χ0) is 22.0. The van der Waals surface area contributed by atoms with Gasteiger partial charge in [0.15, 0.2) is 5.78 Å². The third kappa shape index (κ3) is 2.24. The molecule has 1 nitrogen and oxygen atoms in total. The van der Waals surface area contributed by atoms with E-state index in [4.69, 9.17) is 0 Å². The molecule has 33 heavy (non-hydrogen) atoms. The molecule has 0 amide bonds. The number of benzene rings is 5. The monoisotopic (exact) mass is 420 g/mol. The molecular formula is C32H20O. The van der Waals surface area contributed by atoms with Crippen molar-refractivity contribution in [1.82, 2.24) is 0 Å². The third-order valence-corrected chi connectivity index (χ3v) is 7.26. The Balaban J connectivity index is 1.74. The van der Waals surface area contributed by atoms with Crippen LogP contribution in [0.25, 0.3) is 21.9 Å². The topological polar surface area (TPSA) is 17.1 Å². The van der Waals surface area contributed by atoms with E-state index in [9.17, 15) is 4.79 Å². The predicted molar refractivity (Wildman–Crippen MR) is 134 cm³/mol. The van der Waals surface area contributed by atoms with E-state index in [2.05, 4.69) is 91.0 Å². The Bertz CT molecular complexity index is 1610. The Labute approximate surface area is 192 Å². The predicted octanol–water partition coefficient (Wildman–Crippen LogP) is 7.29. The first-order valence-electron chi connectivity index (χ1n) is 11.3. The number of ketones is 1. The number of hydrogen-bond acceptors (Lipinski definition) is 1. The normalized spacial score (nSPS) is 18.4. The fourth-order valence-corrected chi connectivity index (χ4v) is 5.99. The fourth-order valence-electron chi connectivity index (χ4n) is 5.99. The highest BCUT2D eigenvalue weighted by Crippen LogP contribution is 2.62. The molecule has 0 saturated carbocycles. The Kier molecular flexibility index (Phi) is 3.69. The standard InChI is InChI=1S/C32H20O/c33-31-26-20-19-21-11-7-8-16-24(21)29(26)30-28(22-12-3-1-4-13-22)25-17-9-10-18-27(25)32(30,31)23-14-5-2-6-15-23/h1-20H. The number of hydrogen-bond donors (Lipinski definition) is 0. The van der Waals surface area contributed by atoms with Crippen LogP contribution in [0.4, 0.5) is 0 Å². The first-order chi connectivity index (χ1) is 16.3. The second kappa shape index (κ2) is 6.63. The van der Waals surface area contributed by atoms with Gasteiger partial charge in [0.25, 0.3) is 0 Å². The zero-order valence-corrected chi connectivity index (χ0v) is 18.0. The molecule has 0 spiro atoms. The van der Waals surface area contributed by atoms with Crippen LogP contribution in [0.1, 0.15) is 38.2 Å². The van der Waals surface area contributed by atoms with Crippen LogP contribution in [0.2, 0.25) is 0 Å². The molecule has 5 aromatic carbocycles. The first-order valence-corrected chi connectivity index (χ1v) is 11.3. The summed E-state index contributed by atoms with van der Waals surface area (Å²) in [5.74, 6) is 0.169. The quantitative estimate of drug-likeness (QED) is 0.293. The van der Waals surface area contributed by atoms with Gasteiger partial charge in [-0.2, -0.15) is 0 Å². The lowest BCUT2D eigenvalue weighted by molar-refractivity contribution is 0.0954. The van der Waals surface area contributed by atoms with Crippen molar-refractivity contribution in [2.75, 3.05) is 0 Å². The molecule has 0 aromatic heterocycles. The lowest BCUT2D eigenvalue weighted by atomic mass is 9.71. The molecular weight excluding hydrogens is 400 g/mol. The summed E-state index contributed by atoms with van der Waals surface area (Å²) < 4.78 is 0. The Morgan fingerprint density at radius 1 is 0.545 bits per heavy atom. The van der Waals surface area contributed by atoms with Gasteiger partial charge in [-0.15, -0.1) is 0 Å². The minimum absolute atomic E-state index is 0.169.